The number of aliphatic carboxylic acids is 1. The average molecular weight is 479 g/mol. The second-order valence-electron chi connectivity index (χ2n) is 8.23. The van der Waals surface area contributed by atoms with E-state index < -0.39 is 22.5 Å². The average Bonchev–Trinajstić information content (AvgIpc) is 3.21. The predicted molar refractivity (Wildman–Crippen MR) is 133 cm³/mol. The van der Waals surface area contributed by atoms with E-state index >= 15 is 0 Å². The van der Waals surface area contributed by atoms with E-state index in [2.05, 4.69) is 0 Å². The first-order valence-electron chi connectivity index (χ1n) is 10.7. The van der Waals surface area contributed by atoms with Crippen LogP contribution in [0.4, 0.5) is 5.69 Å². The molecule has 0 aliphatic rings. The number of benzene rings is 3. The Labute approximate surface area is 198 Å². The van der Waals surface area contributed by atoms with Crippen LogP contribution in [-0.4, -0.2) is 37.7 Å². The van der Waals surface area contributed by atoms with Crippen LogP contribution in [0.5, 0.6) is 5.75 Å². The maximum absolute atomic E-state index is 13.9. The molecule has 0 saturated carbocycles. The highest BCUT2D eigenvalue weighted by atomic mass is 32.2. The zero-order valence-corrected chi connectivity index (χ0v) is 20.3. The van der Waals surface area contributed by atoms with E-state index in [4.69, 9.17) is 4.74 Å². The van der Waals surface area contributed by atoms with Crippen molar-refractivity contribution in [3.05, 3.63) is 83.6 Å². The fourth-order valence-electron chi connectivity index (χ4n) is 4.46. The Balaban J connectivity index is 1.93. The first kappa shape index (κ1) is 23.4. The molecule has 4 aromatic rings. The summed E-state index contributed by atoms with van der Waals surface area (Å²) in [6, 6.07) is 18.1. The maximum atomic E-state index is 13.9. The van der Waals surface area contributed by atoms with Gasteiger partial charge in [0.05, 0.1) is 23.2 Å². The van der Waals surface area contributed by atoms with E-state index in [-0.39, 0.29) is 4.90 Å². The first-order valence-corrected chi connectivity index (χ1v) is 12.1. The van der Waals surface area contributed by atoms with Crippen molar-refractivity contribution in [1.82, 2.24) is 4.57 Å². The van der Waals surface area contributed by atoms with E-state index in [1.165, 1.54) is 0 Å². The van der Waals surface area contributed by atoms with E-state index in [0.29, 0.717) is 28.0 Å². The summed E-state index contributed by atoms with van der Waals surface area (Å²) in [6.07, 6.45) is 1.83. The number of nitrogens with zero attached hydrogens (tertiary/aromatic N) is 2. The highest BCUT2D eigenvalue weighted by molar-refractivity contribution is 7.93. The summed E-state index contributed by atoms with van der Waals surface area (Å²) in [5, 5.41) is 10.2. The van der Waals surface area contributed by atoms with Gasteiger partial charge < -0.3 is 14.4 Å². The third-order valence-corrected chi connectivity index (χ3v) is 7.81. The molecule has 7 nitrogen and oxygen atoms in total. The van der Waals surface area contributed by atoms with Gasteiger partial charge in [0.15, 0.2) is 0 Å². The van der Waals surface area contributed by atoms with Gasteiger partial charge in [0, 0.05) is 23.3 Å². The minimum atomic E-state index is -4.16. The number of aryl methyl sites for hydroxylation is 3. The van der Waals surface area contributed by atoms with Gasteiger partial charge in [-0.1, -0.05) is 29.8 Å². The summed E-state index contributed by atoms with van der Waals surface area (Å²) < 4.78 is 36.0. The molecule has 1 heterocycles. The number of carboxylic acid groups (broad SMARTS) is 1. The van der Waals surface area contributed by atoms with Gasteiger partial charge in [0.1, 0.15) is 12.3 Å². The monoisotopic (exact) mass is 478 g/mol. The molecule has 0 aliphatic carbocycles. The predicted octanol–water partition coefficient (Wildman–Crippen LogP) is 4.84. The summed E-state index contributed by atoms with van der Waals surface area (Å²) in [5.74, 6) is -0.550. The molecular formula is C26H26N2O5S. The number of rotatable bonds is 7. The van der Waals surface area contributed by atoms with Gasteiger partial charge >= 0.3 is 5.97 Å². The normalized spacial score (nSPS) is 11.5. The zero-order valence-electron chi connectivity index (χ0n) is 19.4. The molecule has 1 aromatic heterocycles. The van der Waals surface area contributed by atoms with Gasteiger partial charge in [-0.15, -0.1) is 0 Å². The minimum Gasteiger partial charge on any atom is -0.497 e. The van der Waals surface area contributed by atoms with Crippen LogP contribution in [0.3, 0.4) is 0 Å². The zero-order chi connectivity index (χ0) is 24.6. The Bertz CT molecular complexity index is 1480. The Morgan fingerprint density at radius 3 is 2.32 bits per heavy atom. The fourth-order valence-corrected chi connectivity index (χ4v) is 6.31. The highest BCUT2D eigenvalue weighted by Crippen LogP contribution is 2.35. The van der Waals surface area contributed by atoms with E-state index in [1.807, 2.05) is 48.0 Å². The van der Waals surface area contributed by atoms with Crippen LogP contribution in [0.2, 0.25) is 0 Å². The number of carboxylic acids is 1. The van der Waals surface area contributed by atoms with Crippen LogP contribution in [0, 0.1) is 20.8 Å². The Morgan fingerprint density at radius 1 is 1.00 bits per heavy atom. The number of methoxy groups -OCH3 is 1. The molecule has 0 radical (unpaired) electrons. The minimum absolute atomic E-state index is 0.128. The largest absolute Gasteiger partial charge is 0.497 e. The van der Waals surface area contributed by atoms with E-state index in [1.54, 1.807) is 51.3 Å². The SMILES string of the molecule is COc1cccc(-n2ccc3c(N(CC(=O)O)S(=O)(=O)c4c(C)cc(C)cc4C)cccc32)c1. The Morgan fingerprint density at radius 2 is 1.68 bits per heavy atom. The van der Waals surface area contributed by atoms with Crippen molar-refractivity contribution >= 4 is 32.6 Å². The quantitative estimate of drug-likeness (QED) is 0.410. The smallest absolute Gasteiger partial charge is 0.324 e. The van der Waals surface area contributed by atoms with Gasteiger partial charge in [-0.05, 0) is 62.2 Å². The van der Waals surface area contributed by atoms with Crippen molar-refractivity contribution in [2.75, 3.05) is 18.0 Å². The number of aromatic nitrogens is 1. The van der Waals surface area contributed by atoms with Crippen LogP contribution in [0.1, 0.15) is 16.7 Å². The molecule has 176 valence electrons. The summed E-state index contributed by atoms with van der Waals surface area (Å²) in [4.78, 5) is 11.9. The number of ether oxygens (including phenoxy) is 1. The molecule has 0 bridgehead atoms. The summed E-state index contributed by atoms with van der Waals surface area (Å²) in [5.41, 5.74) is 3.98. The van der Waals surface area contributed by atoms with Gasteiger partial charge in [-0.2, -0.15) is 0 Å². The summed E-state index contributed by atoms with van der Waals surface area (Å²) in [6.45, 7) is 4.66. The highest BCUT2D eigenvalue weighted by Gasteiger charge is 2.31. The number of carbonyl (C=O) groups is 1. The Hall–Kier alpha value is -3.78. The molecular weight excluding hydrogens is 452 g/mol. The van der Waals surface area contributed by atoms with Crippen molar-refractivity contribution in [2.24, 2.45) is 0 Å². The Kier molecular flexibility index (Phi) is 6.10. The molecule has 0 fully saturated rings. The maximum Gasteiger partial charge on any atom is 0.324 e. The number of sulfonamides is 1. The van der Waals surface area contributed by atoms with Gasteiger partial charge in [0.2, 0.25) is 0 Å². The van der Waals surface area contributed by atoms with Crippen molar-refractivity contribution in [2.45, 2.75) is 25.7 Å². The van der Waals surface area contributed by atoms with Crippen molar-refractivity contribution < 1.29 is 23.1 Å². The fraction of sp³-hybridized carbons (Fsp3) is 0.192. The molecule has 0 amide bonds. The molecule has 8 heteroatoms. The van der Waals surface area contributed by atoms with Crippen molar-refractivity contribution in [3.8, 4) is 11.4 Å². The molecule has 1 N–H and O–H groups in total. The first-order chi connectivity index (χ1) is 16.1. The van der Waals surface area contributed by atoms with E-state index in [9.17, 15) is 18.3 Å². The summed E-state index contributed by atoms with van der Waals surface area (Å²) >= 11 is 0. The van der Waals surface area contributed by atoms with Crippen LogP contribution in [0.15, 0.2) is 71.8 Å². The van der Waals surface area contributed by atoms with Crippen LogP contribution < -0.4 is 9.04 Å². The third-order valence-electron chi connectivity index (χ3n) is 5.74. The van der Waals surface area contributed by atoms with Crippen molar-refractivity contribution in [1.29, 1.82) is 0 Å². The third kappa shape index (κ3) is 4.12. The van der Waals surface area contributed by atoms with Crippen LogP contribution in [0.25, 0.3) is 16.6 Å². The number of hydrogen-bond acceptors (Lipinski definition) is 4. The molecule has 4 rings (SSSR count). The number of hydrogen-bond donors (Lipinski definition) is 1. The standard InChI is InChI=1S/C26H26N2O5S/c1-17-13-18(2)26(19(3)14-17)34(31,32)28(16-25(29)30)24-10-6-9-23-22(24)11-12-27(23)20-7-5-8-21(15-20)33-4/h5-15H,16H2,1-4H3,(H,29,30). The van der Waals surface area contributed by atoms with E-state index in [0.717, 1.165) is 21.1 Å². The lowest BCUT2D eigenvalue weighted by atomic mass is 10.1. The lowest BCUT2D eigenvalue weighted by Gasteiger charge is -2.25. The summed E-state index contributed by atoms with van der Waals surface area (Å²) in [7, 11) is -2.57. The lowest BCUT2D eigenvalue weighted by Crippen LogP contribution is -2.36. The van der Waals surface area contributed by atoms with Gasteiger partial charge in [-0.3, -0.25) is 9.10 Å². The molecule has 34 heavy (non-hydrogen) atoms. The van der Waals surface area contributed by atoms with Crippen LogP contribution in [-0.2, 0) is 14.8 Å². The molecule has 3 aromatic carbocycles. The van der Waals surface area contributed by atoms with Gasteiger partial charge in [0.25, 0.3) is 10.0 Å². The molecule has 0 atom stereocenters. The topological polar surface area (TPSA) is 88.8 Å². The van der Waals surface area contributed by atoms with Gasteiger partial charge in [-0.25, -0.2) is 8.42 Å². The number of anilines is 1. The van der Waals surface area contributed by atoms with Crippen molar-refractivity contribution in [3.63, 3.8) is 0 Å². The second-order valence-corrected chi connectivity index (χ2v) is 10.0. The number of fused-ring (bicyclic) bond motifs is 1. The lowest BCUT2D eigenvalue weighted by molar-refractivity contribution is -0.135. The molecule has 0 aliphatic heterocycles. The second kappa shape index (κ2) is 8.87. The molecule has 0 spiro atoms. The van der Waals surface area contributed by atoms with Crippen LogP contribution >= 0.6 is 0 Å². The molecule has 0 unspecified atom stereocenters. The molecule has 0 saturated heterocycles.